The van der Waals surface area contributed by atoms with Gasteiger partial charge in [0.15, 0.2) is 22.6 Å². The molecule has 1 aromatic heterocycles. The molecule has 1 N–H and O–H groups in total. The first-order valence-corrected chi connectivity index (χ1v) is 11.0. The van der Waals surface area contributed by atoms with Gasteiger partial charge in [0.2, 0.25) is 5.91 Å². The monoisotopic (exact) mass is 448 g/mol. The third-order valence-electron chi connectivity index (χ3n) is 5.00. The summed E-state index contributed by atoms with van der Waals surface area (Å²) in [5.41, 5.74) is 1.00. The molecule has 1 aliphatic rings. The molecule has 0 atom stereocenters. The molecule has 0 spiro atoms. The number of aromatic nitrogens is 3. The number of halogens is 3. The fourth-order valence-electron chi connectivity index (χ4n) is 3.59. The second-order valence-electron chi connectivity index (χ2n) is 7.06. The lowest BCUT2D eigenvalue weighted by atomic mass is 10.2. The van der Waals surface area contributed by atoms with Gasteiger partial charge in [0.1, 0.15) is 0 Å². The predicted molar refractivity (Wildman–Crippen MR) is 114 cm³/mol. The van der Waals surface area contributed by atoms with E-state index in [2.05, 4.69) is 20.1 Å². The molecule has 0 saturated heterocycles. The van der Waals surface area contributed by atoms with E-state index in [1.807, 2.05) is 24.3 Å². The van der Waals surface area contributed by atoms with Crippen molar-refractivity contribution >= 4 is 35.0 Å². The summed E-state index contributed by atoms with van der Waals surface area (Å²) in [7, 11) is 0. The number of carbonyl (C=O) groups excluding carboxylic acids is 1. The zero-order valence-corrected chi connectivity index (χ0v) is 17.5. The molecule has 1 saturated carbocycles. The number of nitrogens with zero attached hydrogens (tertiary/aromatic N) is 3. The summed E-state index contributed by atoms with van der Waals surface area (Å²) < 4.78 is 28.5. The molecule has 0 aliphatic heterocycles. The molecule has 0 bridgehead atoms. The maximum absolute atomic E-state index is 13.3. The minimum absolute atomic E-state index is 0.0619. The van der Waals surface area contributed by atoms with Crippen LogP contribution in [-0.2, 0) is 4.79 Å². The number of carbonyl (C=O) groups is 1. The SMILES string of the molecule is O=C(CSc1nnc(-c2ccccc2Cl)n1C1CCCC1)Nc1ccc(F)c(F)c1. The second kappa shape index (κ2) is 9.14. The molecule has 5 nitrogen and oxygen atoms in total. The Balaban J connectivity index is 1.53. The van der Waals surface area contributed by atoms with Crippen molar-refractivity contribution in [2.24, 2.45) is 0 Å². The van der Waals surface area contributed by atoms with Crippen molar-refractivity contribution in [1.82, 2.24) is 14.8 Å². The Morgan fingerprint density at radius 1 is 1.13 bits per heavy atom. The Morgan fingerprint density at radius 3 is 2.63 bits per heavy atom. The minimum Gasteiger partial charge on any atom is -0.325 e. The molecular formula is C21H19ClF2N4OS. The van der Waals surface area contributed by atoms with E-state index in [1.165, 1.54) is 17.8 Å². The van der Waals surface area contributed by atoms with E-state index in [0.29, 0.717) is 16.0 Å². The van der Waals surface area contributed by atoms with Gasteiger partial charge in [0, 0.05) is 23.4 Å². The highest BCUT2D eigenvalue weighted by atomic mass is 35.5. The van der Waals surface area contributed by atoms with Crippen LogP contribution in [0.3, 0.4) is 0 Å². The quantitative estimate of drug-likeness (QED) is 0.490. The van der Waals surface area contributed by atoms with E-state index in [1.54, 1.807) is 0 Å². The molecule has 3 aromatic rings. The Kier molecular flexibility index (Phi) is 6.34. The second-order valence-corrected chi connectivity index (χ2v) is 8.41. The first-order chi connectivity index (χ1) is 14.5. The number of benzene rings is 2. The van der Waals surface area contributed by atoms with Crippen LogP contribution >= 0.6 is 23.4 Å². The number of thioether (sulfide) groups is 1. The number of rotatable bonds is 6. The Morgan fingerprint density at radius 2 is 1.90 bits per heavy atom. The van der Waals surface area contributed by atoms with Crippen LogP contribution in [0.25, 0.3) is 11.4 Å². The zero-order chi connectivity index (χ0) is 21.1. The normalized spacial score (nSPS) is 14.2. The zero-order valence-electron chi connectivity index (χ0n) is 15.9. The van der Waals surface area contributed by atoms with Crippen molar-refractivity contribution in [2.75, 3.05) is 11.1 Å². The third kappa shape index (κ3) is 4.49. The molecule has 1 aliphatic carbocycles. The van der Waals surface area contributed by atoms with Crippen molar-refractivity contribution in [1.29, 1.82) is 0 Å². The van der Waals surface area contributed by atoms with Crippen molar-refractivity contribution in [2.45, 2.75) is 36.9 Å². The van der Waals surface area contributed by atoms with E-state index < -0.39 is 11.6 Å². The van der Waals surface area contributed by atoms with Crippen molar-refractivity contribution in [3.63, 3.8) is 0 Å². The summed E-state index contributed by atoms with van der Waals surface area (Å²) in [4.78, 5) is 12.3. The lowest BCUT2D eigenvalue weighted by molar-refractivity contribution is -0.113. The third-order valence-corrected chi connectivity index (χ3v) is 6.28. The molecule has 0 unspecified atom stereocenters. The van der Waals surface area contributed by atoms with E-state index in [0.717, 1.165) is 43.4 Å². The first-order valence-electron chi connectivity index (χ1n) is 9.60. The number of amides is 1. The highest BCUT2D eigenvalue weighted by molar-refractivity contribution is 7.99. The van der Waals surface area contributed by atoms with Crippen molar-refractivity contribution < 1.29 is 13.6 Å². The standard InChI is InChI=1S/C21H19ClF2N4OS/c22-16-8-4-3-7-15(16)20-26-27-21(28(20)14-5-1-2-6-14)30-12-19(29)25-13-9-10-17(23)18(24)11-13/h3-4,7-11,14H,1-2,5-6,12H2,(H,25,29). The summed E-state index contributed by atoms with van der Waals surface area (Å²) in [6.07, 6.45) is 4.30. The fourth-order valence-corrected chi connectivity index (χ4v) is 4.62. The highest BCUT2D eigenvalue weighted by Crippen LogP contribution is 2.38. The predicted octanol–water partition coefficient (Wildman–Crippen LogP) is 5.72. The lowest BCUT2D eigenvalue weighted by Gasteiger charge is -2.17. The van der Waals surface area contributed by atoms with Crippen LogP contribution in [0.15, 0.2) is 47.6 Å². The molecule has 1 heterocycles. The van der Waals surface area contributed by atoms with Gasteiger partial charge in [0.25, 0.3) is 0 Å². The summed E-state index contributed by atoms with van der Waals surface area (Å²) in [5, 5.41) is 12.5. The van der Waals surface area contributed by atoms with Gasteiger partial charge in [-0.1, -0.05) is 48.3 Å². The van der Waals surface area contributed by atoms with Crippen molar-refractivity contribution in [3.05, 3.63) is 59.1 Å². The summed E-state index contributed by atoms with van der Waals surface area (Å²) in [6.45, 7) is 0. The first kappa shape index (κ1) is 20.8. The largest absolute Gasteiger partial charge is 0.325 e. The topological polar surface area (TPSA) is 59.8 Å². The molecule has 30 heavy (non-hydrogen) atoms. The average molecular weight is 449 g/mol. The van der Waals surface area contributed by atoms with Crippen LogP contribution < -0.4 is 5.32 Å². The number of anilines is 1. The van der Waals surface area contributed by atoms with Gasteiger partial charge >= 0.3 is 0 Å². The van der Waals surface area contributed by atoms with Gasteiger partial charge in [-0.25, -0.2) is 8.78 Å². The van der Waals surface area contributed by atoms with Gasteiger partial charge in [0.05, 0.1) is 10.8 Å². The molecule has 4 rings (SSSR count). The molecular weight excluding hydrogens is 430 g/mol. The maximum Gasteiger partial charge on any atom is 0.234 e. The summed E-state index contributed by atoms with van der Waals surface area (Å²) >= 11 is 7.64. The van der Waals surface area contributed by atoms with E-state index in [9.17, 15) is 13.6 Å². The summed E-state index contributed by atoms with van der Waals surface area (Å²) in [6, 6.07) is 11.0. The van der Waals surface area contributed by atoms with Crippen LogP contribution in [-0.4, -0.2) is 26.4 Å². The van der Waals surface area contributed by atoms with Crippen LogP contribution in [0.2, 0.25) is 5.02 Å². The van der Waals surface area contributed by atoms with Crippen LogP contribution in [0.1, 0.15) is 31.7 Å². The Bertz CT molecular complexity index is 1070. The maximum atomic E-state index is 13.3. The number of hydrogen-bond donors (Lipinski definition) is 1. The van der Waals surface area contributed by atoms with Crippen molar-refractivity contribution in [3.8, 4) is 11.4 Å². The number of hydrogen-bond acceptors (Lipinski definition) is 4. The van der Waals surface area contributed by atoms with Gasteiger partial charge in [-0.05, 0) is 37.1 Å². The number of nitrogens with one attached hydrogen (secondary N) is 1. The average Bonchev–Trinajstić information content (AvgIpc) is 3.39. The van der Waals surface area contributed by atoms with Gasteiger partial charge in [-0.2, -0.15) is 0 Å². The fraction of sp³-hybridized carbons (Fsp3) is 0.286. The molecule has 2 aromatic carbocycles. The van der Waals surface area contributed by atoms with Gasteiger partial charge in [-0.3, -0.25) is 9.36 Å². The Hall–Kier alpha value is -2.45. The smallest absolute Gasteiger partial charge is 0.234 e. The molecule has 156 valence electrons. The molecule has 0 radical (unpaired) electrons. The van der Waals surface area contributed by atoms with Crippen LogP contribution in [0.4, 0.5) is 14.5 Å². The molecule has 1 fully saturated rings. The molecule has 9 heteroatoms. The van der Waals surface area contributed by atoms with E-state index >= 15 is 0 Å². The van der Waals surface area contributed by atoms with E-state index in [4.69, 9.17) is 11.6 Å². The Labute approximate surface area is 181 Å². The lowest BCUT2D eigenvalue weighted by Crippen LogP contribution is -2.15. The van der Waals surface area contributed by atoms with Gasteiger partial charge < -0.3 is 5.32 Å². The van der Waals surface area contributed by atoms with Crippen LogP contribution in [0.5, 0.6) is 0 Å². The van der Waals surface area contributed by atoms with E-state index in [-0.39, 0.29) is 23.4 Å². The van der Waals surface area contributed by atoms with Crippen LogP contribution in [0, 0.1) is 11.6 Å². The summed E-state index contributed by atoms with van der Waals surface area (Å²) in [5.74, 6) is -1.56. The minimum atomic E-state index is -1.01. The van der Waals surface area contributed by atoms with Gasteiger partial charge in [-0.15, -0.1) is 10.2 Å². The highest BCUT2D eigenvalue weighted by Gasteiger charge is 2.26. The molecule has 1 amide bonds.